The van der Waals surface area contributed by atoms with Crippen LogP contribution in [0, 0.1) is 56.2 Å². The van der Waals surface area contributed by atoms with Gasteiger partial charge in [0.1, 0.15) is 0 Å². The molecule has 0 aromatic carbocycles. The zero-order valence-electron chi connectivity index (χ0n) is 12.5. The van der Waals surface area contributed by atoms with E-state index in [1.807, 2.05) is 0 Å². The van der Waals surface area contributed by atoms with Gasteiger partial charge in [0.2, 0.25) is 0 Å². The second kappa shape index (κ2) is 1.97. The number of ether oxygens (including phenoxy) is 1. The molecule has 8 rings (SSSR count). The maximum Gasteiger partial charge on any atom is 0.320 e. The molecule has 1 aliphatic heterocycles. The molecule has 0 N–H and O–H groups in total. The Bertz CT molecular complexity index is 767. The summed E-state index contributed by atoms with van der Waals surface area (Å²) >= 11 is 0. The zero-order valence-corrected chi connectivity index (χ0v) is 12.5. The number of fused-ring (bicyclic) bond motifs is 2. The van der Waals surface area contributed by atoms with Crippen LogP contribution in [-0.2, 0) is 14.3 Å². The summed E-state index contributed by atoms with van der Waals surface area (Å²) in [7, 11) is 0. The fourth-order valence-corrected chi connectivity index (χ4v) is 13.0. The number of rotatable bonds is 0. The molecule has 112 valence electrons. The molecule has 10 unspecified atom stereocenters. The summed E-state index contributed by atoms with van der Waals surface area (Å²) in [6.07, 6.45) is 8.47. The maximum atomic E-state index is 12.8. The summed E-state index contributed by atoms with van der Waals surface area (Å²) < 4.78 is 5.36. The van der Waals surface area contributed by atoms with Crippen LogP contribution in [0.4, 0.5) is 0 Å². The van der Waals surface area contributed by atoms with Gasteiger partial charge in [-0.1, -0.05) is 0 Å². The lowest BCUT2D eigenvalue weighted by Crippen LogP contribution is -2.71. The number of esters is 2. The molecule has 3 heteroatoms. The Morgan fingerprint density at radius 3 is 1.77 bits per heavy atom. The average molecular weight is 294 g/mol. The maximum absolute atomic E-state index is 12.8. The van der Waals surface area contributed by atoms with Crippen molar-refractivity contribution < 1.29 is 14.3 Å². The molecule has 0 aromatic heterocycles. The van der Waals surface area contributed by atoms with E-state index in [0.29, 0.717) is 21.7 Å². The first-order chi connectivity index (χ1) is 10.5. The number of carbonyl (C=O) groups excluding carboxylic acids is 2. The van der Waals surface area contributed by atoms with Crippen LogP contribution in [0.1, 0.15) is 44.9 Å². The van der Waals surface area contributed by atoms with Crippen LogP contribution in [-0.4, -0.2) is 11.9 Å². The standard InChI is InChI=1S/C19H18O3/c20-12-14-4-16-2-8-9-3-17(16)5-15(14,13(21)22-12)7-19(17)11(9)1-10(8)18(16,19)6-14/h8-11H,1-7H2. The van der Waals surface area contributed by atoms with Crippen LogP contribution >= 0.6 is 0 Å². The lowest BCUT2D eigenvalue weighted by Gasteiger charge is -2.75. The van der Waals surface area contributed by atoms with E-state index in [2.05, 4.69) is 0 Å². The summed E-state index contributed by atoms with van der Waals surface area (Å²) in [5.74, 6) is 3.59. The van der Waals surface area contributed by atoms with Crippen LogP contribution in [0.2, 0.25) is 0 Å². The first-order valence-corrected chi connectivity index (χ1v) is 9.31. The van der Waals surface area contributed by atoms with Gasteiger partial charge in [0.05, 0.1) is 10.8 Å². The molecule has 8 aliphatic rings. The van der Waals surface area contributed by atoms with Crippen molar-refractivity contribution in [2.24, 2.45) is 56.2 Å². The molecular weight excluding hydrogens is 276 g/mol. The Morgan fingerprint density at radius 1 is 0.773 bits per heavy atom. The molecule has 0 amide bonds. The minimum Gasteiger partial charge on any atom is -0.392 e. The molecule has 7 saturated carbocycles. The largest absolute Gasteiger partial charge is 0.392 e. The molecule has 3 nitrogen and oxygen atoms in total. The Labute approximate surface area is 128 Å². The van der Waals surface area contributed by atoms with E-state index in [4.69, 9.17) is 4.74 Å². The molecule has 10 atom stereocenters. The second-order valence-corrected chi connectivity index (χ2v) is 10.8. The van der Waals surface area contributed by atoms with Gasteiger partial charge in [0.15, 0.2) is 0 Å². The molecular formula is C19H18O3. The van der Waals surface area contributed by atoms with Gasteiger partial charge in [-0.2, -0.15) is 0 Å². The van der Waals surface area contributed by atoms with Crippen LogP contribution in [0.25, 0.3) is 0 Å². The minimum atomic E-state index is -0.379. The van der Waals surface area contributed by atoms with Crippen LogP contribution in [0.3, 0.4) is 0 Å². The lowest BCUT2D eigenvalue weighted by molar-refractivity contribution is -0.286. The quantitative estimate of drug-likeness (QED) is 0.508. The van der Waals surface area contributed by atoms with Crippen molar-refractivity contribution in [3.8, 4) is 0 Å². The SMILES string of the molecule is O=C1OC(=O)C23CC45CC6C7CC48CC12CC81C7CC6C51C3. The zero-order chi connectivity index (χ0) is 14.1. The van der Waals surface area contributed by atoms with Gasteiger partial charge in [-0.15, -0.1) is 0 Å². The molecule has 0 aromatic rings. The fourth-order valence-electron chi connectivity index (χ4n) is 13.0. The van der Waals surface area contributed by atoms with E-state index in [9.17, 15) is 9.59 Å². The van der Waals surface area contributed by atoms with E-state index in [-0.39, 0.29) is 22.8 Å². The van der Waals surface area contributed by atoms with Crippen LogP contribution < -0.4 is 0 Å². The molecule has 1 heterocycles. The molecule has 8 fully saturated rings. The van der Waals surface area contributed by atoms with Gasteiger partial charge < -0.3 is 4.74 Å². The fraction of sp³-hybridized carbons (Fsp3) is 0.895. The summed E-state index contributed by atoms with van der Waals surface area (Å²) in [5.41, 5.74) is 1.12. The number of cyclic esters (lactones) is 2. The predicted octanol–water partition coefficient (Wildman–Crippen LogP) is 2.29. The second-order valence-electron chi connectivity index (χ2n) is 10.8. The van der Waals surface area contributed by atoms with Crippen molar-refractivity contribution in [2.45, 2.75) is 44.9 Å². The Kier molecular flexibility index (Phi) is 0.906. The van der Waals surface area contributed by atoms with Crippen molar-refractivity contribution in [1.82, 2.24) is 0 Å². The number of hydrogen-bond acceptors (Lipinski definition) is 3. The highest BCUT2D eigenvalue weighted by Gasteiger charge is 3.10. The monoisotopic (exact) mass is 294 g/mol. The topological polar surface area (TPSA) is 43.4 Å². The average Bonchev–Trinajstić information content (AvgIpc) is 3.15. The molecule has 0 radical (unpaired) electrons. The summed E-state index contributed by atoms with van der Waals surface area (Å²) in [6.45, 7) is 0. The third-order valence-corrected chi connectivity index (χ3v) is 12.2. The van der Waals surface area contributed by atoms with E-state index < -0.39 is 0 Å². The third-order valence-electron chi connectivity index (χ3n) is 12.2. The van der Waals surface area contributed by atoms with Crippen molar-refractivity contribution >= 4 is 11.9 Å². The normalized spacial score (nSPS) is 83.8. The number of carbonyl (C=O) groups is 2. The van der Waals surface area contributed by atoms with Gasteiger partial charge in [-0.25, -0.2) is 0 Å². The lowest BCUT2D eigenvalue weighted by atomic mass is 9.28. The van der Waals surface area contributed by atoms with Crippen molar-refractivity contribution in [3.63, 3.8) is 0 Å². The van der Waals surface area contributed by atoms with E-state index in [0.717, 1.165) is 49.4 Å². The Morgan fingerprint density at radius 2 is 1.27 bits per heavy atom. The van der Waals surface area contributed by atoms with Crippen LogP contribution in [0.15, 0.2) is 0 Å². The van der Waals surface area contributed by atoms with Crippen molar-refractivity contribution in [2.75, 3.05) is 0 Å². The van der Waals surface area contributed by atoms with Crippen molar-refractivity contribution in [3.05, 3.63) is 0 Å². The first-order valence-electron chi connectivity index (χ1n) is 9.31. The highest BCUT2D eigenvalue weighted by Crippen LogP contribution is 3.13. The smallest absolute Gasteiger partial charge is 0.320 e. The first kappa shape index (κ1) is 10.1. The van der Waals surface area contributed by atoms with Gasteiger partial charge >= 0.3 is 11.9 Å². The van der Waals surface area contributed by atoms with Gasteiger partial charge in [-0.3, -0.25) is 9.59 Å². The highest BCUT2D eigenvalue weighted by molar-refractivity contribution is 6.04. The predicted molar refractivity (Wildman–Crippen MR) is 72.0 cm³/mol. The summed E-state index contributed by atoms with van der Waals surface area (Å²) in [6, 6.07) is 0. The van der Waals surface area contributed by atoms with Crippen molar-refractivity contribution in [1.29, 1.82) is 0 Å². The molecule has 7 aliphatic carbocycles. The van der Waals surface area contributed by atoms with Crippen LogP contribution in [0.5, 0.6) is 0 Å². The van der Waals surface area contributed by atoms with Gasteiger partial charge in [0.25, 0.3) is 0 Å². The number of hydrogen-bond donors (Lipinski definition) is 0. The summed E-state index contributed by atoms with van der Waals surface area (Å²) in [5, 5.41) is 0. The minimum absolute atomic E-state index is 0.110. The highest BCUT2D eigenvalue weighted by atomic mass is 16.6. The van der Waals surface area contributed by atoms with E-state index >= 15 is 0 Å². The van der Waals surface area contributed by atoms with Gasteiger partial charge in [0, 0.05) is 0 Å². The van der Waals surface area contributed by atoms with E-state index in [1.165, 1.54) is 19.3 Å². The van der Waals surface area contributed by atoms with Gasteiger partial charge in [-0.05, 0) is 90.3 Å². The molecule has 1 saturated heterocycles. The Balaban J connectivity index is 1.53. The Hall–Kier alpha value is -0.860. The summed E-state index contributed by atoms with van der Waals surface area (Å²) in [4.78, 5) is 25.6. The molecule has 4 spiro atoms. The molecule has 22 heavy (non-hydrogen) atoms. The third kappa shape index (κ3) is 0.422. The molecule has 2 bridgehead atoms. The van der Waals surface area contributed by atoms with E-state index in [1.54, 1.807) is 0 Å².